The molecule has 2 aromatic rings. The topological polar surface area (TPSA) is 91.2 Å². The summed E-state index contributed by atoms with van der Waals surface area (Å²) in [5.41, 5.74) is 0. The minimum Gasteiger partial charge on any atom is -0.369 e. The van der Waals surface area contributed by atoms with Gasteiger partial charge in [0.15, 0.2) is 5.82 Å². The summed E-state index contributed by atoms with van der Waals surface area (Å²) in [4.78, 5) is 20.3. The Bertz CT molecular complexity index is 491. The lowest BCUT2D eigenvalue weighted by Crippen LogP contribution is -2.07. The van der Waals surface area contributed by atoms with Crippen LogP contribution in [0.5, 0.6) is 0 Å². The van der Waals surface area contributed by atoms with Crippen LogP contribution < -0.4 is 5.90 Å². The molecule has 0 saturated heterocycles. The van der Waals surface area contributed by atoms with Crippen LogP contribution in [0, 0.1) is 6.92 Å². The molecule has 0 fully saturated rings. The average molecular weight is 225 g/mol. The monoisotopic (exact) mass is 225 g/mol. The van der Waals surface area contributed by atoms with Gasteiger partial charge in [0, 0.05) is 0 Å². The summed E-state index contributed by atoms with van der Waals surface area (Å²) < 4.78 is 4.94. The van der Waals surface area contributed by atoms with Crippen molar-refractivity contribution in [2.75, 3.05) is 0 Å². The molecule has 0 spiro atoms. The van der Waals surface area contributed by atoms with Gasteiger partial charge in [0.05, 0.1) is 4.88 Å². The van der Waals surface area contributed by atoms with Crippen molar-refractivity contribution in [1.29, 1.82) is 0 Å². The minimum absolute atomic E-state index is 0.383. The molecule has 0 aromatic carbocycles. The van der Waals surface area contributed by atoms with Crippen LogP contribution in [-0.2, 0) is 4.84 Å². The van der Waals surface area contributed by atoms with Crippen molar-refractivity contribution in [3.05, 3.63) is 22.8 Å². The number of aryl methyl sites for hydroxylation is 1. The molecule has 15 heavy (non-hydrogen) atoms. The van der Waals surface area contributed by atoms with Crippen LogP contribution in [0.4, 0.5) is 0 Å². The number of rotatable bonds is 2. The molecule has 7 heteroatoms. The highest BCUT2D eigenvalue weighted by Crippen LogP contribution is 2.26. The molecule has 0 aliphatic heterocycles. The second-order valence-electron chi connectivity index (χ2n) is 2.72. The molecule has 0 atom stereocenters. The second-order valence-corrected chi connectivity index (χ2v) is 3.80. The summed E-state index contributed by atoms with van der Waals surface area (Å²) in [5.74, 6) is 5.11. The van der Waals surface area contributed by atoms with Crippen LogP contribution in [0.1, 0.15) is 15.5 Å². The largest absolute Gasteiger partial charge is 0.369 e. The summed E-state index contributed by atoms with van der Waals surface area (Å²) in [7, 11) is 0. The van der Waals surface area contributed by atoms with Gasteiger partial charge in [-0.2, -0.15) is 10.9 Å². The Labute approximate surface area is 88.6 Å². The van der Waals surface area contributed by atoms with Crippen molar-refractivity contribution in [2.24, 2.45) is 5.90 Å². The van der Waals surface area contributed by atoms with Gasteiger partial charge < -0.3 is 9.36 Å². The van der Waals surface area contributed by atoms with Gasteiger partial charge in [-0.25, -0.2) is 4.79 Å². The van der Waals surface area contributed by atoms with Crippen LogP contribution in [0.15, 0.2) is 16.7 Å². The number of nitrogens with two attached hydrogens (primary N) is 1. The highest BCUT2D eigenvalue weighted by molar-refractivity contribution is 7.17. The maximum Gasteiger partial charge on any atom is 0.366 e. The smallest absolute Gasteiger partial charge is 0.366 e. The maximum atomic E-state index is 11.1. The number of aromatic nitrogens is 2. The maximum absolute atomic E-state index is 11.1. The van der Waals surface area contributed by atoms with Crippen molar-refractivity contribution >= 4 is 17.3 Å². The van der Waals surface area contributed by atoms with Crippen molar-refractivity contribution < 1.29 is 14.2 Å². The van der Waals surface area contributed by atoms with E-state index in [4.69, 9.17) is 10.4 Å². The van der Waals surface area contributed by atoms with E-state index < -0.39 is 5.97 Å². The predicted octanol–water partition coefficient (Wildman–Crippen LogP) is 1.14. The van der Waals surface area contributed by atoms with Gasteiger partial charge in [0.25, 0.3) is 5.89 Å². The van der Waals surface area contributed by atoms with Crippen molar-refractivity contribution in [2.45, 2.75) is 6.92 Å². The molecule has 0 radical (unpaired) electrons. The predicted molar refractivity (Wildman–Crippen MR) is 52.0 cm³/mol. The third-order valence-corrected chi connectivity index (χ3v) is 2.71. The van der Waals surface area contributed by atoms with Crippen LogP contribution >= 0.6 is 11.3 Å². The molecule has 2 N–H and O–H groups in total. The van der Waals surface area contributed by atoms with Gasteiger partial charge in [-0.3, -0.25) is 0 Å². The normalized spacial score (nSPS) is 10.3. The van der Waals surface area contributed by atoms with Gasteiger partial charge in [-0.05, 0) is 19.1 Å². The number of thiophene rings is 1. The van der Waals surface area contributed by atoms with Gasteiger partial charge in [0.1, 0.15) is 4.88 Å². The molecule has 2 heterocycles. The number of carbonyl (C=O) groups excluding carboxylic acids is 1. The summed E-state index contributed by atoms with van der Waals surface area (Å²) in [6.07, 6.45) is 0. The molecular formula is C8H7N3O3S. The van der Waals surface area contributed by atoms with E-state index in [9.17, 15) is 4.79 Å². The van der Waals surface area contributed by atoms with Crippen LogP contribution in [0.25, 0.3) is 10.8 Å². The molecule has 2 rings (SSSR count). The highest BCUT2D eigenvalue weighted by Gasteiger charge is 2.14. The van der Waals surface area contributed by atoms with Gasteiger partial charge in [-0.15, -0.1) is 11.3 Å². The zero-order valence-electron chi connectivity index (χ0n) is 7.76. The number of hydrogen-bond acceptors (Lipinski definition) is 7. The number of carbonyl (C=O) groups is 1. The number of nitrogens with zero attached hydrogens (tertiary/aromatic N) is 2. The first-order chi connectivity index (χ1) is 7.20. The van der Waals surface area contributed by atoms with E-state index in [1.54, 1.807) is 19.1 Å². The summed E-state index contributed by atoms with van der Waals surface area (Å²) in [6, 6.07) is 3.29. The quantitative estimate of drug-likeness (QED) is 0.770. The van der Waals surface area contributed by atoms with E-state index in [1.165, 1.54) is 11.3 Å². The van der Waals surface area contributed by atoms with E-state index >= 15 is 0 Å². The SMILES string of the molecule is Cc1noc(-c2ccc(C(=O)ON)s2)n1. The molecule has 0 aliphatic carbocycles. The van der Waals surface area contributed by atoms with E-state index in [0.717, 1.165) is 0 Å². The van der Waals surface area contributed by atoms with Gasteiger partial charge in [-0.1, -0.05) is 5.16 Å². The Morgan fingerprint density at radius 2 is 2.40 bits per heavy atom. The fraction of sp³-hybridized carbons (Fsp3) is 0.125. The molecule has 6 nitrogen and oxygen atoms in total. The molecule has 2 aromatic heterocycles. The fourth-order valence-electron chi connectivity index (χ4n) is 1.02. The van der Waals surface area contributed by atoms with E-state index in [2.05, 4.69) is 15.0 Å². The molecule has 0 bridgehead atoms. The fourth-order valence-corrected chi connectivity index (χ4v) is 1.83. The summed E-state index contributed by atoms with van der Waals surface area (Å²) in [6.45, 7) is 1.72. The average Bonchev–Trinajstić information content (AvgIpc) is 2.84. The van der Waals surface area contributed by atoms with Crippen LogP contribution in [-0.4, -0.2) is 16.1 Å². The second kappa shape index (κ2) is 3.79. The Morgan fingerprint density at radius 1 is 1.60 bits per heavy atom. The zero-order valence-corrected chi connectivity index (χ0v) is 8.58. The molecule has 0 saturated carbocycles. The molecule has 0 aliphatic rings. The first-order valence-electron chi connectivity index (χ1n) is 4.02. The minimum atomic E-state index is -0.581. The van der Waals surface area contributed by atoms with Gasteiger partial charge in [0.2, 0.25) is 0 Å². The number of hydrogen-bond donors (Lipinski definition) is 1. The van der Waals surface area contributed by atoms with Crippen LogP contribution in [0.3, 0.4) is 0 Å². The molecular weight excluding hydrogens is 218 g/mol. The lowest BCUT2D eigenvalue weighted by molar-refractivity contribution is 0.0509. The van der Waals surface area contributed by atoms with Gasteiger partial charge >= 0.3 is 5.97 Å². The lowest BCUT2D eigenvalue weighted by Gasteiger charge is -1.90. The van der Waals surface area contributed by atoms with Crippen molar-refractivity contribution in [3.8, 4) is 10.8 Å². The molecule has 78 valence electrons. The van der Waals surface area contributed by atoms with Crippen LogP contribution in [0.2, 0.25) is 0 Å². The first kappa shape index (κ1) is 9.81. The molecule has 0 amide bonds. The van der Waals surface area contributed by atoms with E-state index in [1.807, 2.05) is 0 Å². The summed E-state index contributed by atoms with van der Waals surface area (Å²) in [5, 5.41) is 3.65. The lowest BCUT2D eigenvalue weighted by atomic mass is 10.4. The van der Waals surface area contributed by atoms with E-state index in [-0.39, 0.29) is 0 Å². The Kier molecular flexibility index (Phi) is 2.48. The Morgan fingerprint density at radius 3 is 3.00 bits per heavy atom. The summed E-state index contributed by atoms with van der Waals surface area (Å²) >= 11 is 1.18. The van der Waals surface area contributed by atoms with Crippen molar-refractivity contribution in [1.82, 2.24) is 10.1 Å². The Balaban J connectivity index is 2.31. The third-order valence-electron chi connectivity index (χ3n) is 1.65. The third kappa shape index (κ3) is 1.88. The zero-order chi connectivity index (χ0) is 10.8. The van der Waals surface area contributed by atoms with E-state index in [0.29, 0.717) is 21.5 Å². The Hall–Kier alpha value is -1.73. The first-order valence-corrected chi connectivity index (χ1v) is 4.84. The highest BCUT2D eigenvalue weighted by atomic mass is 32.1. The molecule has 0 unspecified atom stereocenters. The van der Waals surface area contributed by atoms with Crippen molar-refractivity contribution in [3.63, 3.8) is 0 Å². The standard InChI is InChI=1S/C8H7N3O3S/c1-4-10-7(14-11-4)5-2-3-6(15-5)8(12)13-9/h2-3H,9H2,1H3.